The van der Waals surface area contributed by atoms with Crippen molar-refractivity contribution in [3.63, 3.8) is 0 Å². The predicted molar refractivity (Wildman–Crippen MR) is 127 cm³/mol. The first-order valence-electron chi connectivity index (χ1n) is 11.0. The minimum atomic E-state index is -1.38. The Kier molecular flexibility index (Phi) is 10.1. The van der Waals surface area contributed by atoms with Crippen LogP contribution in [-0.4, -0.2) is 40.4 Å². The summed E-state index contributed by atoms with van der Waals surface area (Å²) in [6.45, 7) is 4.66. The number of nitro groups is 1. The zero-order valence-corrected chi connectivity index (χ0v) is 20.2. The lowest BCUT2D eigenvalue weighted by molar-refractivity contribution is -0.384. The Morgan fingerprint density at radius 3 is 2.08 bits per heavy atom. The van der Waals surface area contributed by atoms with Crippen LogP contribution in [0.15, 0.2) is 54.6 Å². The maximum atomic E-state index is 12.6. The number of esters is 2. The van der Waals surface area contributed by atoms with Crippen LogP contribution >= 0.6 is 0 Å². The molecule has 0 unspecified atom stereocenters. The molecule has 192 valence electrons. The Balaban J connectivity index is 1.94. The zero-order chi connectivity index (χ0) is 26.7. The first kappa shape index (κ1) is 28.0. The van der Waals surface area contributed by atoms with E-state index in [2.05, 4.69) is 5.32 Å². The number of benzene rings is 2. The molecule has 0 radical (unpaired) electrons. The SMILES string of the molecule is CC(C)(C)OC(=O)N[C@@H](CC(=O)CC(=O)OCc1ccc([N+](=O)[O-])cc1)C(=O)OCc1ccccc1. The molecule has 0 saturated carbocycles. The average molecular weight is 501 g/mol. The lowest BCUT2D eigenvalue weighted by Crippen LogP contribution is -2.45. The van der Waals surface area contributed by atoms with E-state index in [1.54, 1.807) is 51.1 Å². The number of ketones is 1. The fraction of sp³-hybridized carbons (Fsp3) is 0.360. The van der Waals surface area contributed by atoms with Gasteiger partial charge >= 0.3 is 18.0 Å². The molecule has 0 heterocycles. The molecular formula is C25H28N2O9. The van der Waals surface area contributed by atoms with Gasteiger partial charge in [0.1, 0.15) is 37.1 Å². The Labute approximate surface area is 207 Å². The molecule has 11 heteroatoms. The number of rotatable bonds is 11. The molecule has 36 heavy (non-hydrogen) atoms. The highest BCUT2D eigenvalue weighted by Gasteiger charge is 2.28. The Hall–Kier alpha value is -4.28. The number of carbonyl (C=O) groups excluding carboxylic acids is 4. The van der Waals surface area contributed by atoms with Crippen molar-refractivity contribution in [3.05, 3.63) is 75.8 Å². The number of amides is 1. The van der Waals surface area contributed by atoms with E-state index in [1.807, 2.05) is 0 Å². The zero-order valence-electron chi connectivity index (χ0n) is 20.2. The van der Waals surface area contributed by atoms with Gasteiger partial charge in [0, 0.05) is 18.6 Å². The molecule has 0 aliphatic heterocycles. The summed E-state index contributed by atoms with van der Waals surface area (Å²) in [5, 5.41) is 13.0. The summed E-state index contributed by atoms with van der Waals surface area (Å²) in [5.41, 5.74) is 0.259. The fourth-order valence-electron chi connectivity index (χ4n) is 2.86. The van der Waals surface area contributed by atoms with Crippen LogP contribution in [0.4, 0.5) is 10.5 Å². The third kappa shape index (κ3) is 10.3. The van der Waals surface area contributed by atoms with E-state index < -0.39 is 53.2 Å². The van der Waals surface area contributed by atoms with E-state index >= 15 is 0 Å². The number of nitro benzene ring substituents is 1. The quantitative estimate of drug-likeness (QED) is 0.160. The van der Waals surface area contributed by atoms with Gasteiger partial charge in [0.05, 0.1) is 4.92 Å². The molecule has 1 amide bonds. The van der Waals surface area contributed by atoms with Crippen molar-refractivity contribution < 1.29 is 38.3 Å². The summed E-state index contributed by atoms with van der Waals surface area (Å²) in [7, 11) is 0. The van der Waals surface area contributed by atoms with E-state index in [0.29, 0.717) is 11.1 Å². The van der Waals surface area contributed by atoms with Gasteiger partial charge < -0.3 is 19.5 Å². The standard InChI is InChI=1S/C25H28N2O9/c1-25(2,3)36-24(31)26-21(23(30)35-16-17-7-5-4-6-8-17)13-20(28)14-22(29)34-15-18-9-11-19(12-10-18)27(32)33/h4-12,21H,13-16H2,1-3H3,(H,26,31)/t21-/m0/s1. The van der Waals surface area contributed by atoms with E-state index in [-0.39, 0.29) is 18.9 Å². The second-order valence-corrected chi connectivity index (χ2v) is 8.80. The Morgan fingerprint density at radius 1 is 0.917 bits per heavy atom. The van der Waals surface area contributed by atoms with Gasteiger partial charge in [-0.15, -0.1) is 0 Å². The number of hydrogen-bond donors (Lipinski definition) is 1. The summed E-state index contributed by atoms with van der Waals surface area (Å²) >= 11 is 0. The maximum absolute atomic E-state index is 12.6. The second kappa shape index (κ2) is 13.0. The van der Waals surface area contributed by atoms with Crippen LogP contribution in [0, 0.1) is 10.1 Å². The van der Waals surface area contributed by atoms with Crippen molar-refractivity contribution in [2.75, 3.05) is 0 Å². The average Bonchev–Trinajstić information content (AvgIpc) is 2.80. The molecule has 2 rings (SSSR count). The van der Waals surface area contributed by atoms with Crippen LogP contribution < -0.4 is 5.32 Å². The van der Waals surface area contributed by atoms with Crippen LogP contribution in [0.25, 0.3) is 0 Å². The van der Waals surface area contributed by atoms with Gasteiger partial charge in [-0.05, 0) is 44.0 Å². The van der Waals surface area contributed by atoms with Gasteiger partial charge in [0.15, 0.2) is 0 Å². The van der Waals surface area contributed by atoms with Crippen molar-refractivity contribution in [3.8, 4) is 0 Å². The van der Waals surface area contributed by atoms with Crippen molar-refractivity contribution in [2.45, 2.75) is 58.5 Å². The van der Waals surface area contributed by atoms with E-state index in [4.69, 9.17) is 14.2 Å². The van der Waals surface area contributed by atoms with E-state index in [1.165, 1.54) is 24.3 Å². The summed E-state index contributed by atoms with van der Waals surface area (Å²) < 4.78 is 15.4. The number of nitrogens with zero attached hydrogens (tertiary/aromatic N) is 1. The van der Waals surface area contributed by atoms with Crippen LogP contribution in [0.2, 0.25) is 0 Å². The topological polar surface area (TPSA) is 151 Å². The van der Waals surface area contributed by atoms with Gasteiger partial charge in [-0.3, -0.25) is 19.7 Å². The highest BCUT2D eigenvalue weighted by molar-refractivity contribution is 5.98. The molecule has 0 bridgehead atoms. The largest absolute Gasteiger partial charge is 0.460 e. The summed E-state index contributed by atoms with van der Waals surface area (Å²) in [4.78, 5) is 59.5. The smallest absolute Gasteiger partial charge is 0.408 e. The normalized spacial score (nSPS) is 11.6. The molecule has 0 fully saturated rings. The maximum Gasteiger partial charge on any atom is 0.408 e. The van der Waals surface area contributed by atoms with Crippen LogP contribution in [0.5, 0.6) is 0 Å². The molecule has 0 aliphatic rings. The number of carbonyl (C=O) groups is 4. The minimum absolute atomic E-state index is 0.0718. The Bertz CT molecular complexity index is 1080. The number of non-ortho nitro benzene ring substituents is 1. The number of alkyl carbamates (subject to hydrolysis) is 1. The summed E-state index contributed by atoms with van der Waals surface area (Å²) in [5.74, 6) is -2.38. The summed E-state index contributed by atoms with van der Waals surface area (Å²) in [6.07, 6.45) is -2.08. The molecule has 2 aromatic rings. The van der Waals surface area contributed by atoms with Gasteiger partial charge in [0.2, 0.25) is 0 Å². The molecule has 0 aromatic heterocycles. The number of hydrogen-bond acceptors (Lipinski definition) is 9. The number of Topliss-reactive ketones (excluding diaryl/α,β-unsaturated/α-hetero) is 1. The van der Waals surface area contributed by atoms with Crippen LogP contribution in [0.3, 0.4) is 0 Å². The van der Waals surface area contributed by atoms with Gasteiger partial charge in [0.25, 0.3) is 5.69 Å². The van der Waals surface area contributed by atoms with Crippen LogP contribution in [0.1, 0.15) is 44.7 Å². The van der Waals surface area contributed by atoms with E-state index in [9.17, 15) is 29.3 Å². The predicted octanol–water partition coefficient (Wildman–Crippen LogP) is 3.62. The molecule has 1 atom stereocenters. The van der Waals surface area contributed by atoms with Crippen molar-refractivity contribution in [1.29, 1.82) is 0 Å². The van der Waals surface area contributed by atoms with Gasteiger partial charge in [-0.1, -0.05) is 30.3 Å². The lowest BCUT2D eigenvalue weighted by Gasteiger charge is -2.22. The Morgan fingerprint density at radius 2 is 1.50 bits per heavy atom. The summed E-state index contributed by atoms with van der Waals surface area (Å²) in [6, 6.07) is 12.8. The highest BCUT2D eigenvalue weighted by Crippen LogP contribution is 2.13. The van der Waals surface area contributed by atoms with E-state index in [0.717, 1.165) is 0 Å². The molecule has 0 spiro atoms. The molecule has 11 nitrogen and oxygen atoms in total. The fourth-order valence-corrected chi connectivity index (χ4v) is 2.86. The second-order valence-electron chi connectivity index (χ2n) is 8.80. The van der Waals surface area contributed by atoms with Crippen LogP contribution in [-0.2, 0) is 41.8 Å². The monoisotopic (exact) mass is 500 g/mol. The molecule has 2 aromatic carbocycles. The highest BCUT2D eigenvalue weighted by atomic mass is 16.6. The molecular weight excluding hydrogens is 472 g/mol. The minimum Gasteiger partial charge on any atom is -0.460 e. The third-order valence-corrected chi connectivity index (χ3v) is 4.52. The first-order valence-corrected chi connectivity index (χ1v) is 11.0. The van der Waals surface area contributed by atoms with Crippen molar-refractivity contribution in [1.82, 2.24) is 5.32 Å². The van der Waals surface area contributed by atoms with Gasteiger partial charge in [-0.25, -0.2) is 9.59 Å². The lowest BCUT2D eigenvalue weighted by atomic mass is 10.1. The number of ether oxygens (including phenoxy) is 3. The van der Waals surface area contributed by atoms with Crippen molar-refractivity contribution in [2.24, 2.45) is 0 Å². The molecule has 0 saturated heterocycles. The molecule has 0 aliphatic carbocycles. The molecule has 1 N–H and O–H groups in total. The first-order chi connectivity index (χ1) is 16.9. The number of nitrogens with one attached hydrogen (secondary N) is 1. The van der Waals surface area contributed by atoms with Crippen molar-refractivity contribution >= 4 is 29.5 Å². The van der Waals surface area contributed by atoms with Gasteiger partial charge in [-0.2, -0.15) is 0 Å². The third-order valence-electron chi connectivity index (χ3n) is 4.52.